The lowest BCUT2D eigenvalue weighted by atomic mass is 9.78. The summed E-state index contributed by atoms with van der Waals surface area (Å²) in [7, 11) is 0. The number of ketones is 1. The highest BCUT2D eigenvalue weighted by Gasteiger charge is 2.50. The summed E-state index contributed by atoms with van der Waals surface area (Å²) < 4.78 is 0. The largest absolute Gasteiger partial charge is 0.507 e. The maximum atomic E-state index is 12.6. The molecule has 4 aliphatic rings. The summed E-state index contributed by atoms with van der Waals surface area (Å²) in [6.45, 7) is 5.12. The molecule has 0 radical (unpaired) electrons. The monoisotopic (exact) mass is 478 g/mol. The minimum atomic E-state index is -0.669. The molecule has 0 unspecified atom stereocenters. The summed E-state index contributed by atoms with van der Waals surface area (Å²) in [5.74, 6) is 2.55. The van der Waals surface area contributed by atoms with Crippen LogP contribution < -0.4 is 10.6 Å². The Morgan fingerprint density at radius 1 is 1.06 bits per heavy atom. The lowest BCUT2D eigenvalue weighted by Crippen LogP contribution is -2.30. The van der Waals surface area contributed by atoms with Crippen molar-refractivity contribution in [1.82, 2.24) is 10.6 Å². The Morgan fingerprint density at radius 3 is 2.66 bits per heavy atom. The zero-order valence-electron chi connectivity index (χ0n) is 20.8. The minimum absolute atomic E-state index is 0.170. The molecule has 0 spiro atoms. The smallest absolute Gasteiger partial charge is 0.259 e. The maximum absolute atomic E-state index is 12.6. The number of carbonyl (C=O) groups is 3. The van der Waals surface area contributed by atoms with E-state index in [9.17, 15) is 19.5 Å². The number of aliphatic hydroxyl groups is 1. The van der Waals surface area contributed by atoms with Crippen LogP contribution in [0.5, 0.6) is 0 Å². The van der Waals surface area contributed by atoms with Gasteiger partial charge >= 0.3 is 0 Å². The first kappa shape index (κ1) is 25.2. The third-order valence-electron chi connectivity index (χ3n) is 8.59. The molecular formula is C29H38N2O4. The Morgan fingerprint density at radius 2 is 1.86 bits per heavy atom. The molecule has 2 saturated carbocycles. The predicted molar refractivity (Wildman–Crippen MR) is 136 cm³/mol. The molecule has 35 heavy (non-hydrogen) atoms. The minimum Gasteiger partial charge on any atom is -0.507 e. The van der Waals surface area contributed by atoms with Crippen LogP contribution in [0.3, 0.4) is 0 Å². The van der Waals surface area contributed by atoms with Crippen molar-refractivity contribution >= 4 is 17.6 Å². The van der Waals surface area contributed by atoms with Crippen LogP contribution in [0.1, 0.15) is 52.4 Å². The molecule has 2 aliphatic heterocycles. The Kier molecular flexibility index (Phi) is 8.09. The Labute approximate surface area is 208 Å². The van der Waals surface area contributed by atoms with E-state index in [4.69, 9.17) is 0 Å². The number of nitrogens with one attached hydrogen (secondary N) is 2. The zero-order valence-corrected chi connectivity index (χ0v) is 20.8. The topological polar surface area (TPSA) is 95.5 Å². The fraction of sp³-hybridized carbons (Fsp3) is 0.552. The average Bonchev–Trinajstić information content (AvgIpc) is 3.43. The van der Waals surface area contributed by atoms with E-state index in [1.54, 1.807) is 12.2 Å². The summed E-state index contributed by atoms with van der Waals surface area (Å²) in [5.41, 5.74) is -0.185. The fourth-order valence-electron chi connectivity index (χ4n) is 6.90. The van der Waals surface area contributed by atoms with Crippen LogP contribution >= 0.6 is 0 Å². The van der Waals surface area contributed by atoms with Crippen molar-refractivity contribution in [3.8, 4) is 0 Å². The second-order valence-electron chi connectivity index (χ2n) is 10.5. The quantitative estimate of drug-likeness (QED) is 0.489. The molecule has 7 atom stereocenters. The first-order chi connectivity index (χ1) is 16.9. The second-order valence-corrected chi connectivity index (χ2v) is 10.5. The van der Waals surface area contributed by atoms with Crippen LogP contribution in [0.15, 0.2) is 59.9 Å². The van der Waals surface area contributed by atoms with E-state index in [1.807, 2.05) is 18.2 Å². The lowest BCUT2D eigenvalue weighted by molar-refractivity contribution is -0.118. The molecule has 2 heterocycles. The van der Waals surface area contributed by atoms with Gasteiger partial charge in [0.05, 0.1) is 6.04 Å². The van der Waals surface area contributed by atoms with Gasteiger partial charge in [0.2, 0.25) is 5.91 Å². The van der Waals surface area contributed by atoms with Crippen molar-refractivity contribution in [3.63, 3.8) is 0 Å². The van der Waals surface area contributed by atoms with E-state index in [2.05, 4.69) is 36.6 Å². The van der Waals surface area contributed by atoms with Crippen LogP contribution in [-0.4, -0.2) is 35.3 Å². The van der Waals surface area contributed by atoms with Gasteiger partial charge in [-0.1, -0.05) is 56.7 Å². The highest BCUT2D eigenvalue weighted by Crippen LogP contribution is 2.57. The molecule has 2 amide bonds. The van der Waals surface area contributed by atoms with Gasteiger partial charge in [-0.25, -0.2) is 0 Å². The number of aliphatic hydroxyl groups excluding tert-OH is 1. The Bertz CT molecular complexity index is 989. The van der Waals surface area contributed by atoms with Gasteiger partial charge in [-0.2, -0.15) is 0 Å². The SMILES string of the molecule is CC[C@H]1C[C@H]2C[C@H]3/C=C\C=C/C(=O)NCCC[C@@H]4NC(=O)/C(=C(O)/C=C\C=C/C[C@@H]3[C@H]2[C@@H]1C)C4=O. The van der Waals surface area contributed by atoms with Crippen LogP contribution in [0, 0.1) is 35.5 Å². The molecule has 1 saturated heterocycles. The summed E-state index contributed by atoms with van der Waals surface area (Å²) in [6, 6.07) is -0.669. The lowest BCUT2D eigenvalue weighted by Gasteiger charge is -2.27. The number of hydrogen-bond donors (Lipinski definition) is 3. The summed E-state index contributed by atoms with van der Waals surface area (Å²) in [4.78, 5) is 37.0. The predicted octanol–water partition coefficient (Wildman–Crippen LogP) is 4.33. The second kappa shape index (κ2) is 11.2. The third kappa shape index (κ3) is 5.52. The van der Waals surface area contributed by atoms with E-state index in [1.165, 1.54) is 25.3 Å². The zero-order chi connectivity index (χ0) is 24.9. The van der Waals surface area contributed by atoms with E-state index in [-0.39, 0.29) is 17.2 Å². The van der Waals surface area contributed by atoms with Crippen molar-refractivity contribution < 1.29 is 19.5 Å². The van der Waals surface area contributed by atoms with Gasteiger partial charge in [0, 0.05) is 12.6 Å². The summed E-state index contributed by atoms with van der Waals surface area (Å²) >= 11 is 0. The first-order valence-electron chi connectivity index (χ1n) is 13.1. The highest BCUT2D eigenvalue weighted by atomic mass is 16.3. The van der Waals surface area contributed by atoms with Crippen LogP contribution in [0.2, 0.25) is 0 Å². The van der Waals surface area contributed by atoms with Gasteiger partial charge < -0.3 is 15.7 Å². The molecular weight excluding hydrogens is 440 g/mol. The van der Waals surface area contributed by atoms with E-state index in [0.29, 0.717) is 43.1 Å². The van der Waals surface area contributed by atoms with Crippen molar-refractivity contribution in [1.29, 1.82) is 0 Å². The molecule has 2 bridgehead atoms. The van der Waals surface area contributed by atoms with Gasteiger partial charge in [0.15, 0.2) is 5.78 Å². The van der Waals surface area contributed by atoms with Crippen LogP contribution in [-0.2, 0) is 14.4 Å². The average molecular weight is 479 g/mol. The van der Waals surface area contributed by atoms with Crippen LogP contribution in [0.4, 0.5) is 0 Å². The van der Waals surface area contributed by atoms with Crippen molar-refractivity contribution in [2.75, 3.05) is 6.54 Å². The number of hydrogen-bond acceptors (Lipinski definition) is 4. The van der Waals surface area contributed by atoms with Crippen molar-refractivity contribution in [3.05, 3.63) is 59.9 Å². The Hall–Kier alpha value is -2.89. The van der Waals surface area contributed by atoms with E-state index < -0.39 is 17.7 Å². The van der Waals surface area contributed by atoms with Gasteiger partial charge in [-0.05, 0) is 73.7 Å². The maximum Gasteiger partial charge on any atom is 0.259 e. The molecule has 3 N–H and O–H groups in total. The highest BCUT2D eigenvalue weighted by molar-refractivity contribution is 6.27. The fourth-order valence-corrected chi connectivity index (χ4v) is 6.90. The van der Waals surface area contributed by atoms with Crippen molar-refractivity contribution in [2.24, 2.45) is 35.5 Å². The molecule has 6 heteroatoms. The number of amides is 2. The number of carbonyl (C=O) groups excluding carboxylic acids is 3. The van der Waals surface area contributed by atoms with E-state index in [0.717, 1.165) is 18.3 Å². The summed E-state index contributed by atoms with van der Waals surface area (Å²) in [6.07, 6.45) is 20.4. The molecule has 0 aromatic carbocycles. The number of allylic oxidation sites excluding steroid dienone is 7. The van der Waals surface area contributed by atoms with Gasteiger partial charge in [0.1, 0.15) is 11.3 Å². The summed E-state index contributed by atoms with van der Waals surface area (Å²) in [5, 5.41) is 15.9. The molecule has 6 nitrogen and oxygen atoms in total. The number of Topliss-reactive ketones (excluding diaryl/α,β-unsaturated/α-hetero) is 1. The molecule has 3 fully saturated rings. The molecule has 2 aliphatic carbocycles. The molecule has 188 valence electrons. The van der Waals surface area contributed by atoms with E-state index >= 15 is 0 Å². The molecule has 0 aromatic heterocycles. The van der Waals surface area contributed by atoms with Crippen LogP contribution in [0.25, 0.3) is 0 Å². The molecule has 4 rings (SSSR count). The Balaban J connectivity index is 1.56. The number of fused-ring (bicyclic) bond motifs is 5. The first-order valence-corrected chi connectivity index (χ1v) is 13.1. The van der Waals surface area contributed by atoms with Gasteiger partial charge in [-0.3, -0.25) is 14.4 Å². The molecule has 0 aromatic rings. The number of rotatable bonds is 1. The van der Waals surface area contributed by atoms with Crippen molar-refractivity contribution in [2.45, 2.75) is 58.4 Å². The van der Waals surface area contributed by atoms with Gasteiger partial charge in [0.25, 0.3) is 5.91 Å². The van der Waals surface area contributed by atoms with Gasteiger partial charge in [-0.15, -0.1) is 0 Å². The standard InChI is InChI=1S/C29H38N2O4/c1-3-19-16-21-17-20-10-7-8-14-25(33)30-15-9-12-23-28(34)27(29(35)31-23)24(32)13-6-4-5-11-22(20)26(21)18(19)2/h4-8,10,13-14,18-23,26,32H,3,9,11-12,15-17H2,1-2H3,(H,30,33)(H,31,35)/b5-4-,10-7-,13-6-,14-8-,27-24-/t18-,19+,20-,21+,22+,23+,26+/m1/s1. The third-order valence-corrected chi connectivity index (χ3v) is 8.59. The normalized spacial score (nSPS) is 41.9.